The number of amides is 3. The number of nitrogen functional groups attached to an aromatic ring is 1. The molecule has 206 valence electrons. The first kappa shape index (κ1) is 28.1. The molecule has 2 aromatic carbocycles. The fourth-order valence-electron chi connectivity index (χ4n) is 5.00. The summed E-state index contributed by atoms with van der Waals surface area (Å²) in [5.74, 6) is -1.61. The van der Waals surface area contributed by atoms with Crippen molar-refractivity contribution in [1.29, 1.82) is 0 Å². The third-order valence-corrected chi connectivity index (χ3v) is 8.24. The van der Waals surface area contributed by atoms with Crippen LogP contribution in [0, 0.1) is 13.8 Å². The van der Waals surface area contributed by atoms with Crippen LogP contribution in [0.2, 0.25) is 0 Å². The Kier molecular flexibility index (Phi) is 8.54. The number of aryl methyl sites for hydroxylation is 1. The molecule has 3 amide bonds. The van der Waals surface area contributed by atoms with Crippen LogP contribution in [-0.2, 0) is 4.79 Å². The first-order chi connectivity index (χ1) is 18.6. The first-order valence-corrected chi connectivity index (χ1v) is 13.9. The van der Waals surface area contributed by atoms with Crippen molar-refractivity contribution in [2.75, 3.05) is 29.6 Å². The zero-order valence-electron chi connectivity index (χ0n) is 22.9. The highest BCUT2D eigenvalue weighted by Gasteiger charge is 2.37. The van der Waals surface area contributed by atoms with Crippen molar-refractivity contribution in [3.05, 3.63) is 69.7 Å². The minimum Gasteiger partial charge on any atom is -0.395 e. The second-order valence-electron chi connectivity index (χ2n) is 10.3. The van der Waals surface area contributed by atoms with Crippen LogP contribution in [0.5, 0.6) is 0 Å². The summed E-state index contributed by atoms with van der Waals surface area (Å²) in [6, 6.07) is 12.3. The molecule has 1 saturated carbocycles. The summed E-state index contributed by atoms with van der Waals surface area (Å²) < 4.78 is 4.04. The molecule has 4 rings (SSSR count). The molecule has 39 heavy (non-hydrogen) atoms. The molecule has 0 aliphatic heterocycles. The van der Waals surface area contributed by atoms with E-state index in [0.717, 1.165) is 60.5 Å². The quantitative estimate of drug-likeness (QED) is 0.383. The van der Waals surface area contributed by atoms with Crippen LogP contribution in [0.25, 0.3) is 0 Å². The molecule has 1 aromatic heterocycles. The Bertz CT molecular complexity index is 1360. The lowest BCUT2D eigenvalue weighted by Crippen LogP contribution is -2.47. The van der Waals surface area contributed by atoms with Gasteiger partial charge in [-0.3, -0.25) is 19.3 Å². The number of benzene rings is 2. The molecule has 0 unspecified atom stereocenters. The van der Waals surface area contributed by atoms with Gasteiger partial charge in [-0.2, -0.15) is 4.37 Å². The molecule has 1 fully saturated rings. The van der Waals surface area contributed by atoms with Gasteiger partial charge in [-0.05, 0) is 73.1 Å². The first-order valence-electron chi connectivity index (χ1n) is 13.1. The molecule has 9 nitrogen and oxygen atoms in total. The lowest BCUT2D eigenvalue weighted by molar-refractivity contribution is -0.123. The lowest BCUT2D eigenvalue weighted by Gasteiger charge is -2.34. The Balaban J connectivity index is 1.88. The van der Waals surface area contributed by atoms with Gasteiger partial charge < -0.3 is 21.7 Å². The molecule has 1 atom stereocenters. The van der Waals surface area contributed by atoms with Gasteiger partial charge in [-0.15, -0.1) is 0 Å². The van der Waals surface area contributed by atoms with Gasteiger partial charge in [0.05, 0.1) is 5.69 Å². The smallest absolute Gasteiger partial charge is 0.273 e. The van der Waals surface area contributed by atoms with E-state index >= 15 is 0 Å². The van der Waals surface area contributed by atoms with E-state index in [4.69, 9.17) is 11.5 Å². The number of hydrogen-bond donors (Lipinski definition) is 3. The molecule has 10 heteroatoms. The summed E-state index contributed by atoms with van der Waals surface area (Å²) in [6.07, 6.45) is 5.07. The van der Waals surface area contributed by atoms with E-state index in [9.17, 15) is 14.4 Å². The predicted octanol–water partition coefficient (Wildman–Crippen LogP) is 4.34. The van der Waals surface area contributed by atoms with Crippen LogP contribution >= 0.6 is 11.5 Å². The van der Waals surface area contributed by atoms with Crippen molar-refractivity contribution in [2.24, 2.45) is 5.73 Å². The van der Waals surface area contributed by atoms with Gasteiger partial charge in [0.25, 0.3) is 11.8 Å². The number of carbonyl (C=O) groups is 3. The molecule has 1 aliphatic carbocycles. The van der Waals surface area contributed by atoms with E-state index in [2.05, 4.69) is 9.69 Å². The highest BCUT2D eigenvalue weighted by Crippen LogP contribution is 2.36. The lowest BCUT2D eigenvalue weighted by atomic mass is 9.94. The molecule has 5 N–H and O–H groups in total. The highest BCUT2D eigenvalue weighted by molar-refractivity contribution is 7.09. The number of primary amides is 1. The monoisotopic (exact) mass is 548 g/mol. The van der Waals surface area contributed by atoms with Crippen LogP contribution in [0.1, 0.15) is 75.0 Å². The van der Waals surface area contributed by atoms with Crippen molar-refractivity contribution < 1.29 is 14.4 Å². The van der Waals surface area contributed by atoms with Crippen molar-refractivity contribution in [2.45, 2.75) is 58.0 Å². The minimum absolute atomic E-state index is 0.0419. The minimum atomic E-state index is -0.991. The fraction of sp³-hybridized carbons (Fsp3) is 0.379. The Morgan fingerprint density at radius 2 is 1.69 bits per heavy atom. The SMILES string of the molecule is Cc1cccc(N(C(=O)c2snc(C(N)=O)c2N)[C@H](C(=O)NC2CCCCC2)c2ccc(N(C)C)cc2)c1C. The Labute approximate surface area is 233 Å². The third-order valence-electron chi connectivity index (χ3n) is 7.39. The Morgan fingerprint density at radius 3 is 2.28 bits per heavy atom. The van der Waals surface area contributed by atoms with Crippen molar-refractivity contribution in [1.82, 2.24) is 9.69 Å². The van der Waals surface area contributed by atoms with Crippen LogP contribution in [0.4, 0.5) is 17.1 Å². The van der Waals surface area contributed by atoms with E-state index < -0.39 is 17.9 Å². The van der Waals surface area contributed by atoms with E-state index in [1.165, 1.54) is 4.90 Å². The Morgan fingerprint density at radius 1 is 1.03 bits per heavy atom. The van der Waals surface area contributed by atoms with Gasteiger partial charge in [0.15, 0.2) is 5.69 Å². The van der Waals surface area contributed by atoms with Crippen molar-refractivity contribution in [3.63, 3.8) is 0 Å². The van der Waals surface area contributed by atoms with E-state index in [0.29, 0.717) is 11.3 Å². The third kappa shape index (κ3) is 5.90. The van der Waals surface area contributed by atoms with Crippen molar-refractivity contribution >= 4 is 46.3 Å². The molecule has 0 saturated heterocycles. The van der Waals surface area contributed by atoms with E-state index in [1.54, 1.807) is 0 Å². The number of nitrogens with two attached hydrogens (primary N) is 2. The molecule has 1 heterocycles. The standard InChI is InChI=1S/C29H36N6O3S/c1-17-9-8-12-22(18(17)2)35(29(38)26-23(30)24(27(31)36)33-39-26)25(19-13-15-21(16-14-19)34(3)4)28(37)32-20-10-6-5-7-11-20/h8-9,12-16,20,25H,5-7,10-11,30H2,1-4H3,(H2,31,36)(H,32,37)/t25-/m0/s1. The maximum absolute atomic E-state index is 14.3. The molecule has 0 radical (unpaired) electrons. The van der Waals surface area contributed by atoms with Crippen LogP contribution < -0.4 is 26.6 Å². The number of hydrogen-bond acceptors (Lipinski definition) is 7. The second-order valence-corrected chi connectivity index (χ2v) is 11.0. The average Bonchev–Trinajstić information content (AvgIpc) is 3.31. The maximum Gasteiger partial charge on any atom is 0.273 e. The average molecular weight is 549 g/mol. The summed E-state index contributed by atoms with van der Waals surface area (Å²) in [6.45, 7) is 3.87. The van der Waals surface area contributed by atoms with Gasteiger partial charge in [0.2, 0.25) is 5.91 Å². The fourth-order valence-corrected chi connectivity index (χ4v) is 5.74. The number of rotatable bonds is 8. The largest absolute Gasteiger partial charge is 0.395 e. The number of anilines is 3. The van der Waals surface area contributed by atoms with Crippen LogP contribution in [-0.4, -0.2) is 42.2 Å². The Hall–Kier alpha value is -3.92. The summed E-state index contributed by atoms with van der Waals surface area (Å²) >= 11 is 0.807. The molecule has 1 aliphatic rings. The summed E-state index contributed by atoms with van der Waals surface area (Å²) in [7, 11) is 3.88. The normalized spacial score (nSPS) is 14.5. The van der Waals surface area contributed by atoms with E-state index in [1.807, 2.05) is 75.3 Å². The van der Waals surface area contributed by atoms with Gasteiger partial charge >= 0.3 is 0 Å². The van der Waals surface area contributed by atoms with Crippen LogP contribution in [0.15, 0.2) is 42.5 Å². The second kappa shape index (κ2) is 11.9. The molecule has 0 bridgehead atoms. The van der Waals surface area contributed by atoms with Gasteiger partial charge in [-0.1, -0.05) is 43.5 Å². The maximum atomic E-state index is 14.3. The molecular weight excluding hydrogens is 512 g/mol. The molecule has 0 spiro atoms. The number of nitrogens with one attached hydrogen (secondary N) is 1. The number of aromatic nitrogens is 1. The van der Waals surface area contributed by atoms with Crippen molar-refractivity contribution in [3.8, 4) is 0 Å². The molecule has 3 aromatic rings. The zero-order valence-corrected chi connectivity index (χ0v) is 23.7. The summed E-state index contributed by atoms with van der Waals surface area (Å²) in [5.41, 5.74) is 15.4. The van der Waals surface area contributed by atoms with Gasteiger partial charge in [-0.25, -0.2) is 0 Å². The summed E-state index contributed by atoms with van der Waals surface area (Å²) in [5, 5.41) is 3.22. The van der Waals surface area contributed by atoms with E-state index in [-0.39, 0.29) is 28.2 Å². The number of carbonyl (C=O) groups excluding carboxylic acids is 3. The predicted molar refractivity (Wildman–Crippen MR) is 156 cm³/mol. The zero-order chi connectivity index (χ0) is 28.3. The van der Waals surface area contributed by atoms with Crippen LogP contribution in [0.3, 0.4) is 0 Å². The van der Waals surface area contributed by atoms with Gasteiger partial charge in [0, 0.05) is 31.5 Å². The van der Waals surface area contributed by atoms with Gasteiger partial charge in [0.1, 0.15) is 10.9 Å². The topological polar surface area (TPSA) is 135 Å². The molecular formula is C29H36N6O3S. The number of nitrogens with zero attached hydrogens (tertiary/aromatic N) is 3. The highest BCUT2D eigenvalue weighted by atomic mass is 32.1. The summed E-state index contributed by atoms with van der Waals surface area (Å²) in [4.78, 5) is 43.8.